The molecule has 1 N–H and O–H groups in total. The predicted octanol–water partition coefficient (Wildman–Crippen LogP) is 2.72. The highest BCUT2D eigenvalue weighted by atomic mass is 32.1. The molecule has 3 rings (SSSR count). The third-order valence-electron chi connectivity index (χ3n) is 3.43. The number of anilines is 1. The van der Waals surface area contributed by atoms with Gasteiger partial charge in [-0.15, -0.1) is 0 Å². The summed E-state index contributed by atoms with van der Waals surface area (Å²) in [7, 11) is 0. The molecule has 1 heterocycles. The average molecular weight is 303 g/mol. The van der Waals surface area contributed by atoms with Crippen molar-refractivity contribution in [2.75, 3.05) is 5.32 Å². The topological polar surface area (TPSA) is 85.1 Å². The lowest BCUT2D eigenvalue weighted by Gasteiger charge is -1.98. The molecule has 6 nitrogen and oxygen atoms in total. The SMILES string of the molecule is Cc1nc(NC(=O)[C@H]2C[C@H]2[N+](=O)[O-])sc1-c1ccccc1. The van der Waals surface area contributed by atoms with Gasteiger partial charge < -0.3 is 5.32 Å². The molecule has 1 amide bonds. The number of hydrogen-bond acceptors (Lipinski definition) is 5. The first-order chi connectivity index (χ1) is 10.1. The Labute approximate surface area is 125 Å². The van der Waals surface area contributed by atoms with Crippen molar-refractivity contribution in [2.24, 2.45) is 5.92 Å². The van der Waals surface area contributed by atoms with Gasteiger partial charge in [0.2, 0.25) is 11.9 Å². The standard InChI is InChI=1S/C14H13N3O3S/c1-8-12(9-5-3-2-4-6-9)21-14(15-8)16-13(18)10-7-11(10)17(19)20/h2-6,10-11H,7H2,1H3,(H,15,16,18)/t10-,11+/m0/s1. The van der Waals surface area contributed by atoms with Crippen LogP contribution in [0.25, 0.3) is 10.4 Å². The van der Waals surface area contributed by atoms with E-state index >= 15 is 0 Å². The molecule has 2 aromatic rings. The van der Waals surface area contributed by atoms with E-state index in [1.54, 1.807) is 0 Å². The highest BCUT2D eigenvalue weighted by Crippen LogP contribution is 2.36. The minimum absolute atomic E-state index is 0.314. The highest BCUT2D eigenvalue weighted by Gasteiger charge is 2.53. The monoisotopic (exact) mass is 303 g/mol. The van der Waals surface area contributed by atoms with E-state index in [9.17, 15) is 14.9 Å². The number of nitro groups is 1. The Hall–Kier alpha value is -2.28. The van der Waals surface area contributed by atoms with Crippen LogP contribution < -0.4 is 5.32 Å². The number of carbonyl (C=O) groups is 1. The number of hydrogen-bond donors (Lipinski definition) is 1. The number of benzene rings is 1. The van der Waals surface area contributed by atoms with E-state index < -0.39 is 16.9 Å². The maximum Gasteiger partial charge on any atom is 0.236 e. The number of rotatable bonds is 4. The van der Waals surface area contributed by atoms with Crippen molar-refractivity contribution in [3.63, 3.8) is 0 Å². The zero-order valence-corrected chi connectivity index (χ0v) is 12.1. The van der Waals surface area contributed by atoms with Crippen LogP contribution in [0.3, 0.4) is 0 Å². The molecular formula is C14H13N3O3S. The van der Waals surface area contributed by atoms with Crippen molar-refractivity contribution >= 4 is 22.4 Å². The summed E-state index contributed by atoms with van der Waals surface area (Å²) in [4.78, 5) is 27.4. The summed E-state index contributed by atoms with van der Waals surface area (Å²) < 4.78 is 0. The fourth-order valence-electron chi connectivity index (χ4n) is 2.20. The third kappa shape index (κ3) is 2.78. The first-order valence-electron chi connectivity index (χ1n) is 6.53. The van der Waals surface area contributed by atoms with Gasteiger partial charge in [-0.05, 0) is 12.5 Å². The van der Waals surface area contributed by atoms with Crippen LogP contribution in [0.1, 0.15) is 12.1 Å². The molecule has 0 spiro atoms. The van der Waals surface area contributed by atoms with E-state index in [2.05, 4.69) is 10.3 Å². The minimum Gasteiger partial charge on any atom is -0.301 e. The molecule has 0 bridgehead atoms. The van der Waals surface area contributed by atoms with Gasteiger partial charge in [0.1, 0.15) is 5.92 Å². The normalized spacial score (nSPS) is 20.0. The number of nitrogens with zero attached hydrogens (tertiary/aromatic N) is 2. The molecule has 7 heteroatoms. The number of carbonyl (C=O) groups excluding carboxylic acids is 1. The van der Waals surface area contributed by atoms with Gasteiger partial charge in [0.25, 0.3) is 0 Å². The largest absolute Gasteiger partial charge is 0.301 e. The molecule has 1 aromatic heterocycles. The number of thiazole rings is 1. The van der Waals surface area contributed by atoms with Crippen LogP contribution in [0.5, 0.6) is 0 Å². The lowest BCUT2D eigenvalue weighted by molar-refractivity contribution is -0.497. The Bertz CT molecular complexity index is 699. The maximum absolute atomic E-state index is 11.9. The van der Waals surface area contributed by atoms with Gasteiger partial charge in [-0.25, -0.2) is 4.98 Å². The van der Waals surface area contributed by atoms with Crippen molar-refractivity contribution in [3.8, 4) is 10.4 Å². The first-order valence-corrected chi connectivity index (χ1v) is 7.35. The summed E-state index contributed by atoms with van der Waals surface area (Å²) in [6.45, 7) is 1.88. The summed E-state index contributed by atoms with van der Waals surface area (Å²) >= 11 is 1.38. The van der Waals surface area contributed by atoms with Crippen LogP contribution in [0.4, 0.5) is 5.13 Å². The van der Waals surface area contributed by atoms with Crippen molar-refractivity contribution < 1.29 is 9.72 Å². The molecule has 2 atom stereocenters. The second kappa shape index (κ2) is 5.25. The zero-order valence-electron chi connectivity index (χ0n) is 11.3. The number of aromatic nitrogens is 1. The molecule has 1 saturated carbocycles. The second-order valence-corrected chi connectivity index (χ2v) is 5.98. The molecule has 0 aliphatic heterocycles. The summed E-state index contributed by atoms with van der Waals surface area (Å²) in [6, 6.07) is 9.05. The van der Waals surface area contributed by atoms with E-state index in [1.165, 1.54) is 11.3 Å². The number of amides is 1. The minimum atomic E-state index is -0.736. The Morgan fingerprint density at radius 2 is 2.14 bits per heavy atom. The van der Waals surface area contributed by atoms with Crippen LogP contribution in [-0.2, 0) is 4.79 Å². The number of nitrogens with one attached hydrogen (secondary N) is 1. The summed E-state index contributed by atoms with van der Waals surface area (Å²) in [5.41, 5.74) is 1.88. The van der Waals surface area contributed by atoms with E-state index in [1.807, 2.05) is 37.3 Å². The van der Waals surface area contributed by atoms with Gasteiger partial charge in [-0.3, -0.25) is 14.9 Å². The molecular weight excluding hydrogens is 290 g/mol. The van der Waals surface area contributed by atoms with Crippen molar-refractivity contribution in [1.29, 1.82) is 0 Å². The Balaban J connectivity index is 1.73. The lowest BCUT2D eigenvalue weighted by atomic mass is 10.2. The average Bonchev–Trinajstić information content (AvgIpc) is 3.19. The Morgan fingerprint density at radius 3 is 2.76 bits per heavy atom. The van der Waals surface area contributed by atoms with E-state index in [0.29, 0.717) is 11.6 Å². The predicted molar refractivity (Wildman–Crippen MR) is 79.8 cm³/mol. The van der Waals surface area contributed by atoms with Gasteiger partial charge in [-0.2, -0.15) is 0 Å². The van der Waals surface area contributed by atoms with E-state index in [0.717, 1.165) is 16.1 Å². The zero-order chi connectivity index (χ0) is 15.0. The summed E-state index contributed by atoms with van der Waals surface area (Å²) in [5, 5.41) is 13.8. The number of aryl methyl sites for hydroxylation is 1. The molecule has 1 aromatic carbocycles. The quantitative estimate of drug-likeness (QED) is 0.695. The molecule has 0 unspecified atom stereocenters. The first kappa shape index (κ1) is 13.7. The van der Waals surface area contributed by atoms with Crippen LogP contribution in [0.15, 0.2) is 30.3 Å². The second-order valence-electron chi connectivity index (χ2n) is 4.98. The van der Waals surface area contributed by atoms with Crippen LogP contribution in [0, 0.1) is 23.0 Å². The molecule has 1 aliphatic carbocycles. The Morgan fingerprint density at radius 1 is 1.43 bits per heavy atom. The highest BCUT2D eigenvalue weighted by molar-refractivity contribution is 7.19. The van der Waals surface area contributed by atoms with E-state index in [4.69, 9.17) is 0 Å². The van der Waals surface area contributed by atoms with Crippen LogP contribution in [-0.4, -0.2) is 21.9 Å². The van der Waals surface area contributed by atoms with Gasteiger partial charge in [0.15, 0.2) is 5.13 Å². The summed E-state index contributed by atoms with van der Waals surface area (Å²) in [6.07, 6.45) is 0.314. The van der Waals surface area contributed by atoms with Gasteiger partial charge in [0.05, 0.1) is 10.6 Å². The smallest absolute Gasteiger partial charge is 0.236 e. The molecule has 1 aliphatic rings. The summed E-state index contributed by atoms with van der Waals surface area (Å²) in [5.74, 6) is -0.838. The lowest BCUT2D eigenvalue weighted by Crippen LogP contribution is -2.18. The molecule has 0 radical (unpaired) electrons. The fraction of sp³-hybridized carbons (Fsp3) is 0.286. The molecule has 0 saturated heterocycles. The molecule has 1 fully saturated rings. The third-order valence-corrected chi connectivity index (χ3v) is 4.55. The van der Waals surface area contributed by atoms with Gasteiger partial charge in [0, 0.05) is 11.3 Å². The van der Waals surface area contributed by atoms with Gasteiger partial charge >= 0.3 is 0 Å². The van der Waals surface area contributed by atoms with Crippen molar-refractivity contribution in [3.05, 3.63) is 46.1 Å². The maximum atomic E-state index is 11.9. The van der Waals surface area contributed by atoms with Crippen LogP contribution >= 0.6 is 11.3 Å². The molecule has 21 heavy (non-hydrogen) atoms. The fourth-order valence-corrected chi connectivity index (χ4v) is 3.18. The Kier molecular flexibility index (Phi) is 3.42. The van der Waals surface area contributed by atoms with E-state index in [-0.39, 0.29) is 5.91 Å². The van der Waals surface area contributed by atoms with Gasteiger partial charge in [-0.1, -0.05) is 41.7 Å². The van der Waals surface area contributed by atoms with Crippen molar-refractivity contribution in [1.82, 2.24) is 4.98 Å². The molecule has 108 valence electrons. The van der Waals surface area contributed by atoms with Crippen LogP contribution in [0.2, 0.25) is 0 Å². The van der Waals surface area contributed by atoms with Crippen molar-refractivity contribution in [2.45, 2.75) is 19.4 Å².